The van der Waals surface area contributed by atoms with Crippen LogP contribution in [0.15, 0.2) is 0 Å². The molecule has 0 saturated carbocycles. The van der Waals surface area contributed by atoms with E-state index in [1.807, 2.05) is 0 Å². The molecule has 1 fully saturated rings. The molecule has 1 heterocycles. The van der Waals surface area contributed by atoms with Crippen molar-refractivity contribution in [1.82, 2.24) is 5.32 Å². The molecule has 1 aliphatic heterocycles. The van der Waals surface area contributed by atoms with Crippen LogP contribution in [0, 0.1) is 11.8 Å². The van der Waals surface area contributed by atoms with E-state index in [0.717, 1.165) is 0 Å². The van der Waals surface area contributed by atoms with Crippen LogP contribution >= 0.6 is 0 Å². The Labute approximate surface area is 59.9 Å². The second-order valence-corrected chi connectivity index (χ2v) is 2.21. The predicted octanol–water partition coefficient (Wildman–Crippen LogP) is 1.21. The van der Waals surface area contributed by atoms with Gasteiger partial charge in [0.25, 0.3) is 0 Å². The van der Waals surface area contributed by atoms with Gasteiger partial charge in [-0.2, -0.15) is 0 Å². The summed E-state index contributed by atoms with van der Waals surface area (Å²) < 4.78 is 44.1. The summed E-state index contributed by atoms with van der Waals surface area (Å²) in [5.41, 5.74) is -1.61. The fourth-order valence-electron chi connectivity index (χ4n) is 0.778. The molecule has 1 heteroatoms. The Hall–Kier alpha value is -0.0400. The van der Waals surface area contributed by atoms with Crippen LogP contribution in [0.5, 0.6) is 0 Å². The lowest BCUT2D eigenvalue weighted by Gasteiger charge is -2.29. The molecule has 1 rings (SSSR count). The van der Waals surface area contributed by atoms with Crippen molar-refractivity contribution in [2.45, 2.75) is 20.1 Å². The Balaban J connectivity index is 3.01. The molecule has 47 valence electrons. The lowest BCUT2D eigenvalue weighted by atomic mass is 9.85. The second kappa shape index (κ2) is 2.06. The van der Waals surface area contributed by atoms with Crippen molar-refractivity contribution in [3.05, 3.63) is 6.42 Å². The lowest BCUT2D eigenvalue weighted by Crippen LogP contribution is -2.35. The number of piperidine rings is 1. The second-order valence-electron chi connectivity index (χ2n) is 2.21. The van der Waals surface area contributed by atoms with Gasteiger partial charge in [-0.15, -0.1) is 0 Å². The summed E-state index contributed by atoms with van der Waals surface area (Å²) in [5.74, 6) is 0. The third kappa shape index (κ3) is 1.48. The van der Waals surface area contributed by atoms with Gasteiger partial charge in [-0.05, 0) is 24.8 Å². The Morgan fingerprint density at radius 3 is 3.00 bits per heavy atom. The SMILES string of the molecule is [2H]C([2H])([2H])C1(C([2H])([2H])[2H])C[CH]CNC1. The number of rotatable bonds is 0. The minimum Gasteiger partial charge on any atom is -0.316 e. The largest absolute Gasteiger partial charge is 0.316 e. The van der Waals surface area contributed by atoms with Gasteiger partial charge in [-0.3, -0.25) is 0 Å². The van der Waals surface area contributed by atoms with E-state index in [2.05, 4.69) is 5.32 Å². The van der Waals surface area contributed by atoms with Gasteiger partial charge >= 0.3 is 0 Å². The van der Waals surface area contributed by atoms with Crippen LogP contribution in [0.3, 0.4) is 0 Å². The summed E-state index contributed by atoms with van der Waals surface area (Å²) in [6.45, 7) is -4.31. The normalized spacial score (nSPS) is 42.0. The van der Waals surface area contributed by atoms with Crippen molar-refractivity contribution in [3.8, 4) is 0 Å². The van der Waals surface area contributed by atoms with E-state index in [9.17, 15) is 0 Å². The quantitative estimate of drug-likeness (QED) is 0.504. The highest BCUT2D eigenvalue weighted by Crippen LogP contribution is 2.22. The molecular weight excluding hydrogens is 98.1 g/mol. The molecule has 0 aromatic heterocycles. The van der Waals surface area contributed by atoms with Crippen LogP contribution in [0.25, 0.3) is 0 Å². The van der Waals surface area contributed by atoms with Gasteiger partial charge in [0.05, 0.1) is 0 Å². The van der Waals surface area contributed by atoms with Crippen LogP contribution in [-0.2, 0) is 0 Å². The maximum absolute atomic E-state index is 7.34. The molecule has 1 nitrogen and oxygen atoms in total. The molecule has 1 saturated heterocycles. The average Bonchev–Trinajstić information content (AvgIpc) is 2.02. The molecule has 8 heavy (non-hydrogen) atoms. The van der Waals surface area contributed by atoms with Gasteiger partial charge in [0.2, 0.25) is 0 Å². The van der Waals surface area contributed by atoms with Gasteiger partial charge in [0.15, 0.2) is 0 Å². The molecule has 0 aromatic carbocycles. The summed E-state index contributed by atoms with van der Waals surface area (Å²) in [6.07, 6.45) is 1.80. The molecule has 0 aromatic rings. The van der Waals surface area contributed by atoms with Crippen LogP contribution in [0.1, 0.15) is 28.3 Å². The van der Waals surface area contributed by atoms with E-state index >= 15 is 0 Å². The molecule has 0 bridgehead atoms. The van der Waals surface area contributed by atoms with Crippen molar-refractivity contribution >= 4 is 0 Å². The van der Waals surface area contributed by atoms with Crippen molar-refractivity contribution in [2.75, 3.05) is 13.1 Å². The van der Waals surface area contributed by atoms with Crippen LogP contribution in [0.2, 0.25) is 0 Å². The monoisotopic (exact) mass is 118 g/mol. The molecule has 1 N–H and O–H groups in total. The van der Waals surface area contributed by atoms with Gasteiger partial charge in [0, 0.05) is 14.8 Å². The van der Waals surface area contributed by atoms with Gasteiger partial charge in [-0.1, -0.05) is 13.7 Å². The maximum atomic E-state index is 7.34. The first-order chi connectivity index (χ1) is 6.21. The minimum absolute atomic E-state index is 0.0243. The van der Waals surface area contributed by atoms with E-state index < -0.39 is 19.1 Å². The first-order valence-electron chi connectivity index (χ1n) is 5.73. The van der Waals surface area contributed by atoms with Gasteiger partial charge in [0.1, 0.15) is 0 Å². The molecule has 0 amide bonds. The summed E-state index contributed by atoms with van der Waals surface area (Å²) in [7, 11) is 0. The van der Waals surface area contributed by atoms with Crippen LogP contribution in [-0.4, -0.2) is 13.1 Å². The number of hydrogen-bond donors (Lipinski definition) is 1. The number of nitrogens with one attached hydrogen (secondary N) is 1. The highest BCUT2D eigenvalue weighted by molar-refractivity contribution is 4.86. The molecule has 0 unspecified atom stereocenters. The number of hydrogen-bond acceptors (Lipinski definition) is 1. The third-order valence-corrected chi connectivity index (χ3v) is 1.21. The summed E-state index contributed by atoms with van der Waals surface area (Å²) >= 11 is 0. The average molecular weight is 118 g/mol. The fourth-order valence-corrected chi connectivity index (χ4v) is 0.778. The highest BCUT2D eigenvalue weighted by atomic mass is 14.9. The van der Waals surface area contributed by atoms with E-state index in [1.54, 1.807) is 6.42 Å². The van der Waals surface area contributed by atoms with Crippen molar-refractivity contribution < 1.29 is 8.22 Å². The first kappa shape index (κ1) is 1.98. The highest BCUT2D eigenvalue weighted by Gasteiger charge is 2.19. The smallest absolute Gasteiger partial charge is 0.0236 e. The summed E-state index contributed by atoms with van der Waals surface area (Å²) in [5, 5.41) is 2.81. The molecule has 1 aliphatic rings. The van der Waals surface area contributed by atoms with Crippen LogP contribution in [0.4, 0.5) is 0 Å². The predicted molar refractivity (Wildman–Crippen MR) is 35.6 cm³/mol. The fraction of sp³-hybridized carbons (Fsp3) is 0.857. The Bertz CT molecular complexity index is 183. The Morgan fingerprint density at radius 1 is 1.75 bits per heavy atom. The standard InChI is InChI=1S/C7H14N/c1-7(2)4-3-5-8-6-7/h3,8H,4-6H2,1-2H3/i1D3,2D3. The maximum Gasteiger partial charge on any atom is 0.0236 e. The lowest BCUT2D eigenvalue weighted by molar-refractivity contribution is 0.306. The Morgan fingerprint density at radius 2 is 2.62 bits per heavy atom. The topological polar surface area (TPSA) is 12.0 Å². The van der Waals surface area contributed by atoms with E-state index in [-0.39, 0.29) is 13.0 Å². The zero-order chi connectivity index (χ0) is 11.0. The molecule has 1 radical (unpaired) electrons. The third-order valence-electron chi connectivity index (χ3n) is 1.21. The van der Waals surface area contributed by atoms with Crippen molar-refractivity contribution in [2.24, 2.45) is 5.41 Å². The molecular formula is C7H14N. The molecule has 0 aliphatic carbocycles. The zero-order valence-corrected chi connectivity index (χ0v) is 4.70. The summed E-state index contributed by atoms with van der Waals surface area (Å²) in [4.78, 5) is 0. The molecule has 0 spiro atoms. The minimum atomic E-state index is -2.46. The first-order valence-corrected chi connectivity index (χ1v) is 2.73. The summed E-state index contributed by atoms with van der Waals surface area (Å²) in [6, 6.07) is 0. The van der Waals surface area contributed by atoms with Gasteiger partial charge in [-0.25, -0.2) is 0 Å². The van der Waals surface area contributed by atoms with E-state index in [0.29, 0.717) is 6.54 Å². The zero-order valence-electron chi connectivity index (χ0n) is 10.7. The van der Waals surface area contributed by atoms with E-state index in [1.165, 1.54) is 0 Å². The van der Waals surface area contributed by atoms with Crippen LogP contribution < -0.4 is 5.32 Å². The van der Waals surface area contributed by atoms with Crippen molar-refractivity contribution in [3.63, 3.8) is 0 Å². The van der Waals surface area contributed by atoms with Gasteiger partial charge < -0.3 is 5.32 Å². The Kier molecular flexibility index (Phi) is 0.509. The molecule has 0 atom stereocenters. The van der Waals surface area contributed by atoms with Crippen molar-refractivity contribution in [1.29, 1.82) is 0 Å². The van der Waals surface area contributed by atoms with E-state index in [4.69, 9.17) is 8.22 Å².